The molecule has 0 amide bonds. The summed E-state index contributed by atoms with van der Waals surface area (Å²) in [7, 11) is 0. The van der Waals surface area contributed by atoms with Gasteiger partial charge in [0.2, 0.25) is 5.69 Å². The number of fused-ring (bicyclic) bond motifs is 3. The second kappa shape index (κ2) is 2.93. The third-order valence-electron chi connectivity index (χ3n) is 3.69. The van der Waals surface area contributed by atoms with Crippen molar-refractivity contribution in [2.45, 2.75) is 43.9 Å². The molecule has 7 heteroatoms. The van der Waals surface area contributed by atoms with Gasteiger partial charge in [-0.25, -0.2) is 0 Å². The van der Waals surface area contributed by atoms with E-state index < -0.39 is 11.6 Å². The Morgan fingerprint density at radius 3 is 3.19 bits per heavy atom. The molecule has 1 aliphatic heterocycles. The maximum Gasteiger partial charge on any atom is 0.254 e. The zero-order valence-electron chi connectivity index (χ0n) is 8.83. The standard InChI is InChI=1S/C9H13N3O4/c1-5-4-9(13)7(11(5)14)3-2-6-8(9)10-16-12(6)15/h5,7,13-14H,2-4H2,1H3/t5-,7+,9+/m1/s1. The zero-order valence-corrected chi connectivity index (χ0v) is 8.83. The van der Waals surface area contributed by atoms with Crippen molar-refractivity contribution in [2.24, 2.45) is 0 Å². The molecule has 0 aromatic carbocycles. The minimum Gasteiger partial charge on any atom is -0.379 e. The van der Waals surface area contributed by atoms with Crippen LogP contribution >= 0.6 is 0 Å². The minimum atomic E-state index is -1.26. The fraction of sp³-hybridized carbons (Fsp3) is 0.778. The largest absolute Gasteiger partial charge is 0.379 e. The molecule has 0 unspecified atom stereocenters. The lowest BCUT2D eigenvalue weighted by molar-refractivity contribution is -0.808. The monoisotopic (exact) mass is 227 g/mol. The summed E-state index contributed by atoms with van der Waals surface area (Å²) in [6.07, 6.45) is 1.33. The van der Waals surface area contributed by atoms with E-state index >= 15 is 0 Å². The normalized spacial score (nSPS) is 38.4. The Labute approximate surface area is 91.4 Å². The molecule has 1 fully saturated rings. The average molecular weight is 227 g/mol. The molecule has 1 aliphatic carbocycles. The highest BCUT2D eigenvalue weighted by atomic mass is 16.8. The summed E-state index contributed by atoms with van der Waals surface area (Å²) in [5.41, 5.74) is -0.607. The summed E-state index contributed by atoms with van der Waals surface area (Å²) in [5.74, 6) is 0. The summed E-state index contributed by atoms with van der Waals surface area (Å²) in [5, 5.41) is 36.4. The van der Waals surface area contributed by atoms with E-state index in [-0.39, 0.29) is 11.7 Å². The Hall–Kier alpha value is -1.18. The van der Waals surface area contributed by atoms with Gasteiger partial charge in [0.1, 0.15) is 0 Å². The van der Waals surface area contributed by atoms with Crippen LogP contribution in [0.4, 0.5) is 0 Å². The van der Waals surface area contributed by atoms with Gasteiger partial charge in [0.15, 0.2) is 5.60 Å². The van der Waals surface area contributed by atoms with E-state index in [0.29, 0.717) is 29.9 Å². The quantitative estimate of drug-likeness (QED) is 0.568. The second-order valence-electron chi connectivity index (χ2n) is 4.64. The first kappa shape index (κ1) is 10.0. The van der Waals surface area contributed by atoms with E-state index in [4.69, 9.17) is 0 Å². The molecule has 16 heavy (non-hydrogen) atoms. The molecule has 7 nitrogen and oxygen atoms in total. The van der Waals surface area contributed by atoms with Crippen LogP contribution in [0.3, 0.4) is 0 Å². The number of hydrogen-bond donors (Lipinski definition) is 2. The molecular weight excluding hydrogens is 214 g/mol. The average Bonchev–Trinajstić information content (AvgIpc) is 2.70. The van der Waals surface area contributed by atoms with E-state index in [1.165, 1.54) is 0 Å². The first-order valence-corrected chi connectivity index (χ1v) is 5.32. The van der Waals surface area contributed by atoms with Crippen LogP contribution in [0.5, 0.6) is 0 Å². The molecule has 2 N–H and O–H groups in total. The molecule has 2 heterocycles. The van der Waals surface area contributed by atoms with E-state index in [1.54, 1.807) is 0 Å². The Bertz CT molecular complexity index is 434. The molecule has 2 aliphatic rings. The fourth-order valence-corrected chi connectivity index (χ4v) is 2.91. The maximum atomic E-state index is 11.3. The second-order valence-corrected chi connectivity index (χ2v) is 4.64. The number of hydrogen-bond acceptors (Lipinski definition) is 6. The molecule has 88 valence electrons. The van der Waals surface area contributed by atoms with Crippen molar-refractivity contribution < 1.29 is 19.8 Å². The predicted octanol–water partition coefficient (Wildman–Crippen LogP) is -0.706. The highest BCUT2D eigenvalue weighted by molar-refractivity contribution is 5.24. The van der Waals surface area contributed by atoms with E-state index in [9.17, 15) is 15.5 Å². The Morgan fingerprint density at radius 2 is 2.44 bits per heavy atom. The smallest absolute Gasteiger partial charge is 0.254 e. The van der Waals surface area contributed by atoms with Gasteiger partial charge in [0, 0.05) is 24.0 Å². The Morgan fingerprint density at radius 1 is 1.69 bits per heavy atom. The number of nitrogens with zero attached hydrogens (tertiary/aromatic N) is 3. The Kier molecular flexibility index (Phi) is 1.84. The van der Waals surface area contributed by atoms with Gasteiger partial charge in [-0.2, -0.15) is 5.06 Å². The predicted molar refractivity (Wildman–Crippen MR) is 49.2 cm³/mol. The molecule has 0 bridgehead atoms. The van der Waals surface area contributed by atoms with Crippen molar-refractivity contribution in [1.82, 2.24) is 10.2 Å². The summed E-state index contributed by atoms with van der Waals surface area (Å²) < 4.78 is 4.51. The van der Waals surface area contributed by atoms with E-state index in [1.807, 2.05) is 6.92 Å². The van der Waals surface area contributed by atoms with Crippen LogP contribution in [0.2, 0.25) is 0 Å². The van der Waals surface area contributed by atoms with Crippen molar-refractivity contribution in [1.29, 1.82) is 0 Å². The number of rotatable bonds is 0. The Balaban J connectivity index is 2.11. The minimum absolute atomic E-state index is 0.155. The van der Waals surface area contributed by atoms with E-state index in [2.05, 4.69) is 9.79 Å². The first-order valence-electron chi connectivity index (χ1n) is 5.32. The lowest BCUT2D eigenvalue weighted by atomic mass is 9.81. The summed E-state index contributed by atoms with van der Waals surface area (Å²) >= 11 is 0. The van der Waals surface area contributed by atoms with Crippen LogP contribution in [0.15, 0.2) is 4.63 Å². The third kappa shape index (κ3) is 1.02. The van der Waals surface area contributed by atoms with Crippen LogP contribution in [-0.4, -0.2) is 32.6 Å². The lowest BCUT2D eigenvalue weighted by Crippen LogP contribution is -2.47. The van der Waals surface area contributed by atoms with Crippen molar-refractivity contribution in [3.05, 3.63) is 16.6 Å². The molecule has 3 rings (SSSR count). The van der Waals surface area contributed by atoms with Gasteiger partial charge in [0.05, 0.1) is 6.04 Å². The van der Waals surface area contributed by atoms with Crippen molar-refractivity contribution in [3.63, 3.8) is 0 Å². The van der Waals surface area contributed by atoms with Crippen molar-refractivity contribution in [2.75, 3.05) is 0 Å². The molecule has 0 saturated carbocycles. The summed E-state index contributed by atoms with van der Waals surface area (Å²) in [6.45, 7) is 1.82. The van der Waals surface area contributed by atoms with Crippen LogP contribution in [0.1, 0.15) is 31.2 Å². The van der Waals surface area contributed by atoms with Gasteiger partial charge in [-0.1, -0.05) is 0 Å². The number of hydroxylamine groups is 2. The van der Waals surface area contributed by atoms with Gasteiger partial charge in [-0.15, -0.1) is 0 Å². The molecule has 1 aromatic rings. The topological polar surface area (TPSA) is 96.7 Å². The highest BCUT2D eigenvalue weighted by Crippen LogP contribution is 2.45. The van der Waals surface area contributed by atoms with Crippen molar-refractivity contribution >= 4 is 0 Å². The number of aliphatic hydroxyl groups is 1. The van der Waals surface area contributed by atoms with E-state index in [0.717, 1.165) is 5.06 Å². The van der Waals surface area contributed by atoms with Crippen molar-refractivity contribution in [3.8, 4) is 0 Å². The zero-order chi connectivity index (χ0) is 11.5. The third-order valence-corrected chi connectivity index (χ3v) is 3.69. The molecule has 1 saturated heterocycles. The number of aromatic nitrogens is 2. The van der Waals surface area contributed by atoms with Gasteiger partial charge in [-0.3, -0.25) is 4.63 Å². The molecule has 3 atom stereocenters. The molecule has 1 aromatic heterocycles. The van der Waals surface area contributed by atoms with Crippen LogP contribution in [-0.2, 0) is 12.0 Å². The SMILES string of the molecule is C[C@@H]1C[C@@]2(O)c3no[n+]([O-])c3CC[C@@H]2N1O. The fourth-order valence-electron chi connectivity index (χ4n) is 2.91. The maximum absolute atomic E-state index is 11.3. The molecule has 0 spiro atoms. The summed E-state index contributed by atoms with van der Waals surface area (Å²) in [6, 6.07) is -0.558. The van der Waals surface area contributed by atoms with Gasteiger partial charge in [-0.05, 0) is 18.2 Å². The van der Waals surface area contributed by atoms with Gasteiger partial charge < -0.3 is 15.5 Å². The van der Waals surface area contributed by atoms with Crippen LogP contribution in [0.25, 0.3) is 0 Å². The summed E-state index contributed by atoms with van der Waals surface area (Å²) in [4.78, 5) is 0.341. The van der Waals surface area contributed by atoms with Gasteiger partial charge in [0.25, 0.3) is 5.69 Å². The van der Waals surface area contributed by atoms with Crippen LogP contribution in [0, 0.1) is 5.21 Å². The lowest BCUT2D eigenvalue weighted by Gasteiger charge is -2.31. The first-order chi connectivity index (χ1) is 7.54. The highest BCUT2D eigenvalue weighted by Gasteiger charge is 2.58. The van der Waals surface area contributed by atoms with Gasteiger partial charge >= 0.3 is 0 Å². The van der Waals surface area contributed by atoms with Crippen LogP contribution < -0.4 is 4.90 Å². The molecular formula is C9H13N3O4. The molecule has 0 radical (unpaired) electrons.